The minimum atomic E-state index is -1.82. The molecule has 2 saturated carbocycles. The standard InChI is InChI=1S/C19H26N4O2.C2H2O4/c1-13-9-19(23(21-13)14(2)24)8-5-15-10-22(11-16(15)19)17(25)18(12-20)6-3-4-7-18;3-1(4)2(5)6/h15-16H,3-11H2,1-2H3;(H,3,4)(H,5,6). The van der Waals surface area contributed by atoms with Gasteiger partial charge in [-0.15, -0.1) is 0 Å². The number of amides is 2. The fraction of sp³-hybridized carbons (Fsp3) is 0.714. The van der Waals surface area contributed by atoms with Crippen molar-refractivity contribution in [1.82, 2.24) is 9.91 Å². The first-order valence-corrected chi connectivity index (χ1v) is 10.6. The van der Waals surface area contributed by atoms with Crippen molar-refractivity contribution >= 4 is 29.5 Å². The lowest BCUT2D eigenvalue weighted by Crippen LogP contribution is -2.50. The normalized spacial score (nSPS) is 30.3. The van der Waals surface area contributed by atoms with Gasteiger partial charge < -0.3 is 15.1 Å². The Morgan fingerprint density at radius 1 is 1.10 bits per heavy atom. The van der Waals surface area contributed by atoms with E-state index in [1.54, 1.807) is 11.9 Å². The Balaban J connectivity index is 0.000000401. The van der Waals surface area contributed by atoms with Gasteiger partial charge in [0.05, 0.1) is 11.6 Å². The molecule has 0 aromatic rings. The average molecular weight is 432 g/mol. The summed E-state index contributed by atoms with van der Waals surface area (Å²) in [6, 6.07) is 2.34. The molecule has 10 heteroatoms. The number of hydrogen-bond acceptors (Lipinski definition) is 6. The Morgan fingerprint density at radius 3 is 2.23 bits per heavy atom. The molecule has 4 aliphatic rings. The SMILES string of the molecule is CC(=O)N1N=C(C)CC12CCC1CN(C(=O)C3(C#N)CCCC3)CC12.O=C(O)C(=O)O. The summed E-state index contributed by atoms with van der Waals surface area (Å²) in [5, 5.41) is 30.6. The Kier molecular flexibility index (Phi) is 6.07. The quantitative estimate of drug-likeness (QED) is 0.595. The van der Waals surface area contributed by atoms with Crippen LogP contribution in [0.1, 0.15) is 58.8 Å². The fourth-order valence-corrected chi connectivity index (χ4v) is 5.90. The third-order valence-electron chi connectivity index (χ3n) is 7.18. The highest BCUT2D eigenvalue weighted by molar-refractivity contribution is 6.27. The molecule has 2 aliphatic carbocycles. The molecule has 3 atom stereocenters. The molecule has 1 spiro atoms. The zero-order valence-electron chi connectivity index (χ0n) is 17.8. The van der Waals surface area contributed by atoms with Crippen LogP contribution in [0.3, 0.4) is 0 Å². The van der Waals surface area contributed by atoms with E-state index in [2.05, 4.69) is 11.2 Å². The van der Waals surface area contributed by atoms with Crippen molar-refractivity contribution in [3.8, 4) is 6.07 Å². The highest BCUT2D eigenvalue weighted by Crippen LogP contribution is 2.53. The number of nitriles is 1. The van der Waals surface area contributed by atoms with E-state index in [1.165, 1.54) is 0 Å². The maximum absolute atomic E-state index is 13.1. The molecule has 3 fully saturated rings. The molecule has 3 unspecified atom stereocenters. The highest BCUT2D eigenvalue weighted by atomic mass is 16.4. The Labute approximate surface area is 180 Å². The predicted molar refractivity (Wildman–Crippen MR) is 108 cm³/mol. The van der Waals surface area contributed by atoms with Crippen LogP contribution in [-0.2, 0) is 19.2 Å². The third kappa shape index (κ3) is 3.89. The summed E-state index contributed by atoms with van der Waals surface area (Å²) in [4.78, 5) is 45.4. The van der Waals surface area contributed by atoms with Gasteiger partial charge in [-0.25, -0.2) is 14.6 Å². The van der Waals surface area contributed by atoms with Crippen LogP contribution >= 0.6 is 0 Å². The van der Waals surface area contributed by atoms with E-state index < -0.39 is 17.4 Å². The minimum absolute atomic E-state index is 0.00781. The molecule has 168 valence electrons. The maximum atomic E-state index is 13.1. The van der Waals surface area contributed by atoms with Crippen molar-refractivity contribution in [2.24, 2.45) is 22.4 Å². The van der Waals surface area contributed by atoms with E-state index in [1.807, 2.05) is 11.8 Å². The summed E-state index contributed by atoms with van der Waals surface area (Å²) in [7, 11) is 0. The van der Waals surface area contributed by atoms with E-state index in [0.29, 0.717) is 25.3 Å². The van der Waals surface area contributed by atoms with E-state index in [9.17, 15) is 14.9 Å². The second kappa shape index (κ2) is 8.29. The maximum Gasteiger partial charge on any atom is 0.414 e. The molecular weight excluding hydrogens is 404 g/mol. The molecular formula is C21H28N4O6. The number of carboxylic acid groups (broad SMARTS) is 2. The lowest BCUT2D eigenvalue weighted by atomic mass is 9.81. The molecule has 0 aromatic carbocycles. The van der Waals surface area contributed by atoms with Crippen LogP contribution in [0.5, 0.6) is 0 Å². The minimum Gasteiger partial charge on any atom is -0.473 e. The van der Waals surface area contributed by atoms with Gasteiger partial charge in [-0.3, -0.25) is 9.59 Å². The number of carbonyl (C=O) groups excluding carboxylic acids is 2. The van der Waals surface area contributed by atoms with Crippen LogP contribution in [-0.4, -0.2) is 68.2 Å². The van der Waals surface area contributed by atoms with Gasteiger partial charge in [0.15, 0.2) is 0 Å². The van der Waals surface area contributed by atoms with Crippen LogP contribution in [0.15, 0.2) is 5.10 Å². The lowest BCUT2D eigenvalue weighted by Gasteiger charge is -2.38. The number of hydrazone groups is 1. The van der Waals surface area contributed by atoms with Crippen LogP contribution < -0.4 is 0 Å². The molecule has 10 nitrogen and oxygen atoms in total. The first kappa shape index (κ1) is 22.7. The summed E-state index contributed by atoms with van der Waals surface area (Å²) in [5.41, 5.74) is -0.0379. The van der Waals surface area contributed by atoms with E-state index in [4.69, 9.17) is 19.8 Å². The zero-order valence-corrected chi connectivity index (χ0v) is 17.8. The van der Waals surface area contributed by atoms with Crippen molar-refractivity contribution in [2.75, 3.05) is 13.1 Å². The number of fused-ring (bicyclic) bond motifs is 2. The van der Waals surface area contributed by atoms with Gasteiger partial charge in [0.25, 0.3) is 0 Å². The van der Waals surface area contributed by atoms with Gasteiger partial charge >= 0.3 is 11.9 Å². The summed E-state index contributed by atoms with van der Waals surface area (Å²) in [5.74, 6) is -2.93. The molecule has 31 heavy (non-hydrogen) atoms. The van der Waals surface area contributed by atoms with Crippen LogP contribution in [0.4, 0.5) is 0 Å². The van der Waals surface area contributed by atoms with Crippen molar-refractivity contribution in [3.63, 3.8) is 0 Å². The van der Waals surface area contributed by atoms with Gasteiger partial charge in [0, 0.05) is 38.1 Å². The van der Waals surface area contributed by atoms with Crippen LogP contribution in [0, 0.1) is 28.6 Å². The van der Waals surface area contributed by atoms with Gasteiger partial charge in [0.1, 0.15) is 5.41 Å². The smallest absolute Gasteiger partial charge is 0.414 e. The van der Waals surface area contributed by atoms with Gasteiger partial charge in [-0.1, -0.05) is 12.8 Å². The highest BCUT2D eigenvalue weighted by Gasteiger charge is 2.60. The summed E-state index contributed by atoms with van der Waals surface area (Å²) >= 11 is 0. The number of carboxylic acids is 2. The Bertz CT molecular complexity index is 860. The van der Waals surface area contributed by atoms with E-state index in [0.717, 1.165) is 44.4 Å². The number of rotatable bonds is 1. The van der Waals surface area contributed by atoms with E-state index in [-0.39, 0.29) is 23.3 Å². The summed E-state index contributed by atoms with van der Waals surface area (Å²) in [6.45, 7) is 4.97. The number of carbonyl (C=O) groups is 4. The number of likely N-dealkylation sites (tertiary alicyclic amines) is 1. The second-order valence-electron chi connectivity index (χ2n) is 9.07. The molecule has 4 rings (SSSR count). The molecule has 2 amide bonds. The monoisotopic (exact) mass is 432 g/mol. The second-order valence-corrected chi connectivity index (χ2v) is 9.07. The summed E-state index contributed by atoms with van der Waals surface area (Å²) in [6.07, 6.45) is 6.14. The number of hydrogen-bond donors (Lipinski definition) is 2. The summed E-state index contributed by atoms with van der Waals surface area (Å²) < 4.78 is 0. The number of aliphatic carboxylic acids is 2. The van der Waals surface area contributed by atoms with Crippen LogP contribution in [0.2, 0.25) is 0 Å². The predicted octanol–water partition coefficient (Wildman–Crippen LogP) is 1.46. The first-order valence-electron chi connectivity index (χ1n) is 10.6. The van der Waals surface area contributed by atoms with Crippen molar-refractivity contribution in [2.45, 2.75) is 64.3 Å². The van der Waals surface area contributed by atoms with Gasteiger partial charge in [-0.05, 0) is 38.5 Å². The molecule has 0 bridgehead atoms. The average Bonchev–Trinajstić information content (AvgIpc) is 3.47. The topological polar surface area (TPSA) is 151 Å². The van der Waals surface area contributed by atoms with Gasteiger partial charge in [-0.2, -0.15) is 10.4 Å². The molecule has 0 aromatic heterocycles. The fourth-order valence-electron chi connectivity index (χ4n) is 5.90. The largest absolute Gasteiger partial charge is 0.473 e. The van der Waals surface area contributed by atoms with Crippen LogP contribution in [0.25, 0.3) is 0 Å². The van der Waals surface area contributed by atoms with Crippen molar-refractivity contribution in [3.05, 3.63) is 0 Å². The third-order valence-corrected chi connectivity index (χ3v) is 7.18. The van der Waals surface area contributed by atoms with Crippen molar-refractivity contribution in [1.29, 1.82) is 5.26 Å². The molecule has 2 heterocycles. The molecule has 1 saturated heterocycles. The van der Waals surface area contributed by atoms with Crippen molar-refractivity contribution < 1.29 is 29.4 Å². The number of nitrogens with zero attached hydrogens (tertiary/aromatic N) is 4. The molecule has 0 radical (unpaired) electrons. The van der Waals surface area contributed by atoms with E-state index >= 15 is 0 Å². The van der Waals surface area contributed by atoms with Gasteiger partial charge in [0.2, 0.25) is 11.8 Å². The lowest BCUT2D eigenvalue weighted by molar-refractivity contribution is -0.159. The first-order chi connectivity index (χ1) is 14.6. The molecule has 2 aliphatic heterocycles. The Hall–Kier alpha value is -2.96. The zero-order chi connectivity index (χ0) is 23.0. The Morgan fingerprint density at radius 2 is 1.71 bits per heavy atom. The molecule has 2 N–H and O–H groups in total.